The molecule has 0 bridgehead atoms. The highest BCUT2D eigenvalue weighted by molar-refractivity contribution is 5.94. The van der Waals surface area contributed by atoms with Crippen LogP contribution in [0.25, 0.3) is 5.69 Å². The first-order valence-electron chi connectivity index (χ1n) is 5.35. The summed E-state index contributed by atoms with van der Waals surface area (Å²) in [6, 6.07) is 3.91. The number of rotatable bonds is 3. The smallest absolute Gasteiger partial charge is 0.435 e. The fourth-order valence-corrected chi connectivity index (χ4v) is 1.69. The minimum absolute atomic E-state index is 0.365. The molecule has 1 aromatic heterocycles. The van der Waals surface area contributed by atoms with Crippen LogP contribution in [-0.4, -0.2) is 25.8 Å². The van der Waals surface area contributed by atoms with Gasteiger partial charge in [-0.3, -0.25) is 10.1 Å². The van der Waals surface area contributed by atoms with Gasteiger partial charge in [-0.25, -0.2) is 9.48 Å². The third kappa shape index (κ3) is 2.68. The molecule has 0 aliphatic rings. The standard InChI is InChI=1S/C11H6F3N3O4/c12-11(13,14)8-4-5-16(15-8)7-3-1-2-6(10(18)19)9(7)17(20)21/h1-5H,(H,18,19). The summed E-state index contributed by atoms with van der Waals surface area (Å²) in [5.74, 6) is -1.56. The molecular weight excluding hydrogens is 295 g/mol. The molecule has 21 heavy (non-hydrogen) atoms. The number of aromatic nitrogens is 2. The number of benzene rings is 1. The van der Waals surface area contributed by atoms with Gasteiger partial charge in [-0.1, -0.05) is 6.07 Å². The number of carboxylic acids is 1. The van der Waals surface area contributed by atoms with E-state index in [1.807, 2.05) is 0 Å². The molecule has 0 amide bonds. The van der Waals surface area contributed by atoms with Crippen molar-refractivity contribution in [2.24, 2.45) is 0 Å². The minimum Gasteiger partial charge on any atom is -0.477 e. The average molecular weight is 301 g/mol. The fraction of sp³-hybridized carbons (Fsp3) is 0.0909. The zero-order valence-corrected chi connectivity index (χ0v) is 10.0. The molecule has 0 saturated carbocycles. The SMILES string of the molecule is O=C(O)c1cccc(-n2ccc(C(F)(F)F)n2)c1[N+](=O)[O-]. The lowest BCUT2D eigenvalue weighted by Gasteiger charge is -2.06. The van der Waals surface area contributed by atoms with Crippen LogP contribution in [-0.2, 0) is 6.18 Å². The molecule has 0 fully saturated rings. The molecule has 0 unspecified atom stereocenters. The first-order valence-corrected chi connectivity index (χ1v) is 5.35. The van der Waals surface area contributed by atoms with E-state index in [0.717, 1.165) is 18.3 Å². The molecule has 0 saturated heterocycles. The zero-order chi connectivity index (χ0) is 15.8. The van der Waals surface area contributed by atoms with Crippen LogP contribution in [0.5, 0.6) is 0 Å². The number of nitrogens with zero attached hydrogens (tertiary/aromatic N) is 3. The minimum atomic E-state index is -4.70. The number of hydrogen-bond acceptors (Lipinski definition) is 4. The Kier molecular flexibility index (Phi) is 3.37. The van der Waals surface area contributed by atoms with Crippen molar-refractivity contribution in [2.45, 2.75) is 6.18 Å². The molecule has 2 aromatic rings. The average Bonchev–Trinajstić information content (AvgIpc) is 2.86. The largest absolute Gasteiger partial charge is 0.477 e. The second-order valence-corrected chi connectivity index (χ2v) is 3.88. The van der Waals surface area contributed by atoms with Crippen LogP contribution in [0.3, 0.4) is 0 Å². The van der Waals surface area contributed by atoms with E-state index in [1.165, 1.54) is 6.07 Å². The van der Waals surface area contributed by atoms with Crippen molar-refractivity contribution in [2.75, 3.05) is 0 Å². The van der Waals surface area contributed by atoms with Crippen LogP contribution in [0.4, 0.5) is 18.9 Å². The Morgan fingerprint density at radius 2 is 2.00 bits per heavy atom. The number of para-hydroxylation sites is 1. The van der Waals surface area contributed by atoms with Crippen LogP contribution in [0, 0.1) is 10.1 Å². The van der Waals surface area contributed by atoms with Gasteiger partial charge in [-0.15, -0.1) is 0 Å². The number of carboxylic acid groups (broad SMARTS) is 1. The molecule has 0 aliphatic carbocycles. The summed E-state index contributed by atoms with van der Waals surface area (Å²) >= 11 is 0. The normalized spacial score (nSPS) is 11.4. The van der Waals surface area contributed by atoms with Gasteiger partial charge in [-0.05, 0) is 18.2 Å². The predicted octanol–water partition coefficient (Wildman–Crippen LogP) is 2.50. The Hall–Kier alpha value is -2.91. The molecule has 2 rings (SSSR count). The van der Waals surface area contributed by atoms with Crippen molar-refractivity contribution in [3.63, 3.8) is 0 Å². The molecule has 0 radical (unpaired) electrons. The highest BCUT2D eigenvalue weighted by Gasteiger charge is 2.34. The molecule has 1 N–H and O–H groups in total. The van der Waals surface area contributed by atoms with Gasteiger partial charge in [0.05, 0.1) is 4.92 Å². The second-order valence-electron chi connectivity index (χ2n) is 3.88. The third-order valence-corrected chi connectivity index (χ3v) is 2.55. The summed E-state index contributed by atoms with van der Waals surface area (Å²) in [4.78, 5) is 21.0. The molecule has 0 atom stereocenters. The molecule has 110 valence electrons. The fourth-order valence-electron chi connectivity index (χ4n) is 1.69. The van der Waals surface area contributed by atoms with E-state index in [9.17, 15) is 28.1 Å². The van der Waals surface area contributed by atoms with Gasteiger partial charge in [0.15, 0.2) is 5.69 Å². The van der Waals surface area contributed by atoms with E-state index >= 15 is 0 Å². The molecule has 10 heteroatoms. The highest BCUT2D eigenvalue weighted by atomic mass is 19.4. The summed E-state index contributed by atoms with van der Waals surface area (Å²) < 4.78 is 38.1. The number of nitro benzene ring substituents is 1. The number of hydrogen-bond donors (Lipinski definition) is 1. The number of aromatic carboxylic acids is 1. The summed E-state index contributed by atoms with van der Waals surface area (Å²) in [6.45, 7) is 0. The van der Waals surface area contributed by atoms with Gasteiger partial charge in [0.25, 0.3) is 0 Å². The number of carbonyl (C=O) groups is 1. The Morgan fingerprint density at radius 1 is 1.33 bits per heavy atom. The van der Waals surface area contributed by atoms with Crippen LogP contribution < -0.4 is 0 Å². The quantitative estimate of drug-likeness (QED) is 0.693. The van der Waals surface area contributed by atoms with E-state index in [1.54, 1.807) is 0 Å². The van der Waals surface area contributed by atoms with Gasteiger partial charge in [-0.2, -0.15) is 18.3 Å². The second kappa shape index (κ2) is 4.89. The molecule has 0 spiro atoms. The topological polar surface area (TPSA) is 98.3 Å². The van der Waals surface area contributed by atoms with Crippen molar-refractivity contribution >= 4 is 11.7 Å². The lowest BCUT2D eigenvalue weighted by atomic mass is 10.1. The lowest BCUT2D eigenvalue weighted by molar-refractivity contribution is -0.385. The van der Waals surface area contributed by atoms with Crippen LogP contribution in [0.1, 0.15) is 16.1 Å². The van der Waals surface area contributed by atoms with Crippen LogP contribution in [0.15, 0.2) is 30.5 Å². The van der Waals surface area contributed by atoms with E-state index < -0.39 is 34.0 Å². The Labute approximate surface area is 114 Å². The van der Waals surface area contributed by atoms with Crippen LogP contribution >= 0.6 is 0 Å². The number of halogens is 3. The van der Waals surface area contributed by atoms with Gasteiger partial charge in [0.1, 0.15) is 11.3 Å². The van der Waals surface area contributed by atoms with Gasteiger partial charge in [0, 0.05) is 6.20 Å². The Balaban J connectivity index is 2.64. The van der Waals surface area contributed by atoms with Crippen LogP contribution in [0.2, 0.25) is 0 Å². The van der Waals surface area contributed by atoms with E-state index in [-0.39, 0.29) is 5.69 Å². The zero-order valence-electron chi connectivity index (χ0n) is 10.0. The third-order valence-electron chi connectivity index (χ3n) is 2.55. The van der Waals surface area contributed by atoms with Crippen molar-refractivity contribution in [1.82, 2.24) is 9.78 Å². The van der Waals surface area contributed by atoms with E-state index in [4.69, 9.17) is 5.11 Å². The predicted molar refractivity (Wildman–Crippen MR) is 62.2 cm³/mol. The van der Waals surface area contributed by atoms with Crippen molar-refractivity contribution in [1.29, 1.82) is 0 Å². The van der Waals surface area contributed by atoms with Gasteiger partial charge >= 0.3 is 17.8 Å². The van der Waals surface area contributed by atoms with E-state index in [0.29, 0.717) is 10.7 Å². The maximum absolute atomic E-state index is 12.5. The number of alkyl halides is 3. The molecule has 0 aliphatic heterocycles. The maximum Gasteiger partial charge on any atom is 0.435 e. The van der Waals surface area contributed by atoms with Gasteiger partial charge < -0.3 is 5.11 Å². The highest BCUT2D eigenvalue weighted by Crippen LogP contribution is 2.31. The van der Waals surface area contributed by atoms with Gasteiger partial charge in [0.2, 0.25) is 0 Å². The monoisotopic (exact) mass is 301 g/mol. The summed E-state index contributed by atoms with van der Waals surface area (Å²) in [5.41, 5.74) is -3.07. The molecule has 1 aromatic carbocycles. The summed E-state index contributed by atoms with van der Waals surface area (Å²) in [7, 11) is 0. The van der Waals surface area contributed by atoms with Crippen molar-refractivity contribution < 1.29 is 28.0 Å². The summed E-state index contributed by atoms with van der Waals surface area (Å²) in [6.07, 6.45) is -3.83. The maximum atomic E-state index is 12.5. The first kappa shape index (κ1) is 14.5. The summed E-state index contributed by atoms with van der Waals surface area (Å²) in [5, 5.41) is 23.1. The van der Waals surface area contributed by atoms with Crippen molar-refractivity contribution in [3.8, 4) is 5.69 Å². The molecule has 1 heterocycles. The Bertz CT molecular complexity index is 724. The van der Waals surface area contributed by atoms with E-state index in [2.05, 4.69) is 5.10 Å². The van der Waals surface area contributed by atoms with Crippen molar-refractivity contribution in [3.05, 3.63) is 51.8 Å². The molecular formula is C11H6F3N3O4. The Morgan fingerprint density at radius 3 is 2.48 bits per heavy atom. The lowest BCUT2D eigenvalue weighted by Crippen LogP contribution is -2.10. The first-order chi connectivity index (χ1) is 9.71. The molecule has 7 nitrogen and oxygen atoms in total. The number of nitro groups is 1.